The lowest BCUT2D eigenvalue weighted by atomic mass is 10.1. The number of aromatic nitrogens is 3. The third-order valence-corrected chi connectivity index (χ3v) is 6.68. The highest BCUT2D eigenvalue weighted by Crippen LogP contribution is 2.23. The molecular weight excluding hydrogens is 500 g/mol. The molecular formula is C27H30N8O4. The van der Waals surface area contributed by atoms with Gasteiger partial charge in [-0.15, -0.1) is 10.2 Å². The minimum Gasteiger partial charge on any atom is -0.378 e. The number of carbonyl (C=O) groups excluding carboxylic acids is 3. The van der Waals surface area contributed by atoms with Gasteiger partial charge in [-0.3, -0.25) is 14.4 Å². The summed E-state index contributed by atoms with van der Waals surface area (Å²) in [6, 6.07) is 15.9. The van der Waals surface area contributed by atoms with Crippen LogP contribution >= 0.6 is 0 Å². The maximum Gasteiger partial charge on any atom is 0.273 e. The fraction of sp³-hybridized carbons (Fsp3) is 0.333. The molecule has 0 bridgehead atoms. The predicted octanol–water partition coefficient (Wildman–Crippen LogP) is 1.59. The number of hydrogen-bond acceptors (Lipinski definition) is 9. The van der Waals surface area contributed by atoms with Crippen LogP contribution in [0.15, 0.2) is 54.6 Å². The highest BCUT2D eigenvalue weighted by Gasteiger charge is 2.26. The fourth-order valence-electron chi connectivity index (χ4n) is 4.62. The van der Waals surface area contributed by atoms with Crippen LogP contribution in [-0.4, -0.2) is 83.2 Å². The van der Waals surface area contributed by atoms with E-state index in [0.717, 1.165) is 12.8 Å². The van der Waals surface area contributed by atoms with Crippen molar-refractivity contribution in [3.8, 4) is 0 Å². The van der Waals surface area contributed by atoms with Crippen LogP contribution in [0.25, 0.3) is 0 Å². The average Bonchev–Trinajstić information content (AvgIpc) is 2.98. The smallest absolute Gasteiger partial charge is 0.273 e. The van der Waals surface area contributed by atoms with Gasteiger partial charge in [0.05, 0.1) is 13.2 Å². The van der Waals surface area contributed by atoms with E-state index in [2.05, 4.69) is 25.8 Å². The molecule has 2 aliphatic rings. The topological polar surface area (TPSA) is 156 Å². The molecule has 4 N–H and O–H groups in total. The van der Waals surface area contributed by atoms with Crippen molar-refractivity contribution >= 4 is 35.2 Å². The van der Waals surface area contributed by atoms with Crippen molar-refractivity contribution in [3.63, 3.8) is 0 Å². The molecule has 2 saturated heterocycles. The average molecular weight is 531 g/mol. The van der Waals surface area contributed by atoms with Crippen molar-refractivity contribution in [2.45, 2.75) is 18.9 Å². The van der Waals surface area contributed by atoms with E-state index in [1.54, 1.807) is 41.3 Å². The van der Waals surface area contributed by atoms with Crippen LogP contribution in [0, 0.1) is 0 Å². The number of amides is 3. The number of nitrogens with zero attached hydrogens (tertiary/aromatic N) is 5. The van der Waals surface area contributed by atoms with Crippen LogP contribution in [0.2, 0.25) is 0 Å². The molecule has 2 fully saturated rings. The first-order valence-corrected chi connectivity index (χ1v) is 12.9. The first-order valence-electron chi connectivity index (χ1n) is 12.9. The van der Waals surface area contributed by atoms with Crippen LogP contribution in [0.4, 0.5) is 17.5 Å². The zero-order valence-corrected chi connectivity index (χ0v) is 21.4. The number of nitrogens with two attached hydrogens (primary N) is 1. The molecule has 0 radical (unpaired) electrons. The second kappa shape index (κ2) is 11.9. The molecule has 5 rings (SSSR count). The number of benzene rings is 2. The molecule has 2 aliphatic heterocycles. The molecule has 3 amide bonds. The molecule has 1 aromatic heterocycles. The summed E-state index contributed by atoms with van der Waals surface area (Å²) in [7, 11) is 0. The van der Waals surface area contributed by atoms with Gasteiger partial charge in [0, 0.05) is 49.0 Å². The Balaban J connectivity index is 1.29. The van der Waals surface area contributed by atoms with Crippen LogP contribution in [0.5, 0.6) is 0 Å². The van der Waals surface area contributed by atoms with Crippen LogP contribution < -0.4 is 21.3 Å². The number of nitrogens with one attached hydrogen (secondary N) is 2. The van der Waals surface area contributed by atoms with Gasteiger partial charge < -0.3 is 30.9 Å². The largest absolute Gasteiger partial charge is 0.378 e. The monoisotopic (exact) mass is 530 g/mol. The molecule has 12 heteroatoms. The van der Waals surface area contributed by atoms with Gasteiger partial charge in [0.25, 0.3) is 17.7 Å². The summed E-state index contributed by atoms with van der Waals surface area (Å²) in [5, 5.41) is 14.3. The summed E-state index contributed by atoms with van der Waals surface area (Å²) in [5.41, 5.74) is 7.19. The van der Waals surface area contributed by atoms with Gasteiger partial charge in [0.2, 0.25) is 5.95 Å². The number of primary amides is 1. The highest BCUT2D eigenvalue weighted by molar-refractivity contribution is 5.97. The first kappa shape index (κ1) is 26.0. The highest BCUT2D eigenvalue weighted by atomic mass is 16.5. The van der Waals surface area contributed by atoms with E-state index in [4.69, 9.17) is 10.5 Å². The lowest BCUT2D eigenvalue weighted by molar-refractivity contribution is 0.0303. The van der Waals surface area contributed by atoms with Crippen molar-refractivity contribution in [2.75, 3.05) is 49.6 Å². The molecule has 39 heavy (non-hydrogen) atoms. The van der Waals surface area contributed by atoms with Crippen molar-refractivity contribution in [2.24, 2.45) is 5.73 Å². The van der Waals surface area contributed by atoms with Crippen LogP contribution in [0.1, 0.15) is 44.0 Å². The van der Waals surface area contributed by atoms with Gasteiger partial charge in [-0.25, -0.2) is 0 Å². The van der Waals surface area contributed by atoms with E-state index in [0.29, 0.717) is 62.2 Å². The Morgan fingerprint density at radius 3 is 2.38 bits per heavy atom. The molecule has 1 atom stereocenters. The summed E-state index contributed by atoms with van der Waals surface area (Å²) in [4.78, 5) is 45.6. The van der Waals surface area contributed by atoms with E-state index >= 15 is 0 Å². The number of morpholine rings is 1. The zero-order valence-electron chi connectivity index (χ0n) is 21.4. The number of carbonyl (C=O) groups is 3. The lowest BCUT2D eigenvalue weighted by Crippen LogP contribution is -2.48. The van der Waals surface area contributed by atoms with Crippen molar-refractivity contribution in [1.82, 2.24) is 25.4 Å². The predicted molar refractivity (Wildman–Crippen MR) is 144 cm³/mol. The Morgan fingerprint density at radius 1 is 0.923 bits per heavy atom. The minimum absolute atomic E-state index is 0.0623. The van der Waals surface area contributed by atoms with Gasteiger partial charge in [0.1, 0.15) is 0 Å². The Kier molecular flexibility index (Phi) is 7.92. The van der Waals surface area contributed by atoms with Crippen molar-refractivity contribution < 1.29 is 19.1 Å². The van der Waals surface area contributed by atoms with Gasteiger partial charge in [-0.1, -0.05) is 18.2 Å². The summed E-state index contributed by atoms with van der Waals surface area (Å²) in [5.74, 6) is -0.485. The molecule has 0 saturated carbocycles. The Morgan fingerprint density at radius 2 is 1.67 bits per heavy atom. The van der Waals surface area contributed by atoms with Crippen LogP contribution in [-0.2, 0) is 4.74 Å². The van der Waals surface area contributed by atoms with Crippen molar-refractivity contribution in [3.05, 3.63) is 71.4 Å². The maximum absolute atomic E-state index is 12.7. The molecule has 2 aromatic carbocycles. The summed E-state index contributed by atoms with van der Waals surface area (Å²) >= 11 is 0. The summed E-state index contributed by atoms with van der Waals surface area (Å²) in [6.07, 6.45) is 1.64. The second-order valence-electron chi connectivity index (χ2n) is 9.40. The molecule has 3 aromatic rings. The maximum atomic E-state index is 12.7. The van der Waals surface area contributed by atoms with Gasteiger partial charge in [0.15, 0.2) is 11.5 Å². The van der Waals surface area contributed by atoms with E-state index in [9.17, 15) is 14.4 Å². The van der Waals surface area contributed by atoms with Crippen molar-refractivity contribution in [1.29, 1.82) is 0 Å². The Labute approximate surface area is 225 Å². The van der Waals surface area contributed by atoms with E-state index in [-0.39, 0.29) is 29.4 Å². The standard InChI is InChI=1S/C27H30N8O4/c28-23(36)22-24(29-20-10-8-19(9-11-20)26(38)34-13-15-39-16-14-34)31-27(33-32-22)35-12-4-7-21(17-35)30-25(37)18-5-2-1-3-6-18/h1-3,5-6,8-11,21H,4,7,12-17H2,(H2,28,36)(H,30,37)(H,29,31,33)/t21-/m1/s1. The molecule has 0 spiro atoms. The molecule has 3 heterocycles. The summed E-state index contributed by atoms with van der Waals surface area (Å²) < 4.78 is 5.31. The number of rotatable bonds is 7. The molecule has 0 aliphatic carbocycles. The summed E-state index contributed by atoms with van der Waals surface area (Å²) in [6.45, 7) is 3.34. The molecule has 12 nitrogen and oxygen atoms in total. The normalized spacial score (nSPS) is 17.4. The minimum atomic E-state index is -0.769. The van der Waals surface area contributed by atoms with Gasteiger partial charge >= 0.3 is 0 Å². The van der Waals surface area contributed by atoms with E-state index < -0.39 is 5.91 Å². The van der Waals surface area contributed by atoms with Gasteiger partial charge in [-0.05, 0) is 49.2 Å². The number of hydrogen-bond donors (Lipinski definition) is 3. The number of anilines is 3. The SMILES string of the molecule is NC(=O)c1nnc(N2CCC[C@@H](NC(=O)c3ccccc3)C2)nc1Nc1ccc(C(=O)N2CCOCC2)cc1. The van der Waals surface area contributed by atoms with Crippen LogP contribution in [0.3, 0.4) is 0 Å². The Bertz CT molecular complexity index is 1330. The zero-order chi connectivity index (χ0) is 27.2. The molecule has 0 unspecified atom stereocenters. The third kappa shape index (κ3) is 6.29. The van der Waals surface area contributed by atoms with E-state index in [1.807, 2.05) is 23.1 Å². The molecule has 202 valence electrons. The van der Waals surface area contributed by atoms with Gasteiger partial charge in [-0.2, -0.15) is 4.98 Å². The fourth-order valence-corrected chi connectivity index (χ4v) is 4.62. The van der Waals surface area contributed by atoms with E-state index in [1.165, 1.54) is 0 Å². The Hall–Kier alpha value is -4.58. The number of piperidine rings is 1. The third-order valence-electron chi connectivity index (χ3n) is 6.68. The second-order valence-corrected chi connectivity index (χ2v) is 9.40. The lowest BCUT2D eigenvalue weighted by Gasteiger charge is -2.33. The number of ether oxygens (including phenoxy) is 1. The first-order chi connectivity index (χ1) is 19.0. The quantitative estimate of drug-likeness (QED) is 0.413.